The number of sulfonamides is 1. The van der Waals surface area contributed by atoms with E-state index in [4.69, 9.17) is 9.88 Å². The Hall–Kier alpha value is -2.33. The van der Waals surface area contributed by atoms with E-state index in [-0.39, 0.29) is 29.3 Å². The van der Waals surface area contributed by atoms with Crippen LogP contribution in [0, 0.1) is 5.82 Å². The van der Waals surface area contributed by atoms with Crippen molar-refractivity contribution in [1.29, 1.82) is 0 Å². The molecular weight excluding hydrogens is 397 g/mol. The lowest BCUT2D eigenvalue weighted by atomic mass is 10.1. The van der Waals surface area contributed by atoms with Gasteiger partial charge < -0.3 is 10.1 Å². The van der Waals surface area contributed by atoms with Crippen LogP contribution >= 0.6 is 0 Å². The Kier molecular flexibility index (Phi) is 6.96. The van der Waals surface area contributed by atoms with Gasteiger partial charge in [-0.25, -0.2) is 17.9 Å². The second kappa shape index (κ2) is 9.45. The Balaban J connectivity index is 1.68. The molecule has 2 aromatic rings. The van der Waals surface area contributed by atoms with Gasteiger partial charge in [-0.05, 0) is 48.7 Å². The number of ether oxygens (including phenoxy) is 1. The molecule has 9 heteroatoms. The van der Waals surface area contributed by atoms with Crippen LogP contribution < -0.4 is 10.5 Å². The van der Waals surface area contributed by atoms with Crippen molar-refractivity contribution in [2.24, 2.45) is 5.14 Å². The molecule has 156 valence electrons. The average Bonchev–Trinajstić information content (AvgIpc) is 3.14. The van der Waals surface area contributed by atoms with Crippen molar-refractivity contribution in [3.05, 3.63) is 59.9 Å². The molecule has 1 atom stereocenters. The smallest absolute Gasteiger partial charge is 0.238 e. The zero-order valence-corrected chi connectivity index (χ0v) is 16.7. The number of primary sulfonamides is 1. The van der Waals surface area contributed by atoms with E-state index in [1.807, 2.05) is 4.90 Å². The van der Waals surface area contributed by atoms with Crippen molar-refractivity contribution < 1.29 is 22.3 Å². The summed E-state index contributed by atoms with van der Waals surface area (Å²) in [7, 11) is -3.86. The van der Waals surface area contributed by atoms with Gasteiger partial charge in [-0.3, -0.25) is 9.69 Å². The molecule has 0 saturated carbocycles. The molecule has 0 radical (unpaired) electrons. The summed E-state index contributed by atoms with van der Waals surface area (Å²) in [5.74, 6) is -0.644. The fourth-order valence-electron chi connectivity index (χ4n) is 3.31. The molecule has 0 aromatic heterocycles. The minimum absolute atomic E-state index is 0.0297. The van der Waals surface area contributed by atoms with Crippen LogP contribution in [0.15, 0.2) is 53.4 Å². The van der Waals surface area contributed by atoms with Gasteiger partial charge in [0.1, 0.15) is 5.82 Å². The van der Waals surface area contributed by atoms with E-state index in [9.17, 15) is 17.6 Å². The number of nitrogens with zero attached hydrogens (tertiary/aromatic N) is 1. The Morgan fingerprint density at radius 3 is 2.72 bits per heavy atom. The second-order valence-electron chi connectivity index (χ2n) is 7.06. The number of nitrogens with two attached hydrogens (primary N) is 1. The molecular formula is C20H24FN3O4S. The third-order valence-electron chi connectivity index (χ3n) is 4.59. The number of carbonyl (C=O) groups is 1. The summed E-state index contributed by atoms with van der Waals surface area (Å²) in [6.07, 6.45) is 1.92. The SMILES string of the molecule is NS(=O)(=O)c1cccc(NC(=O)CN(Cc2cccc(F)c2)CC2CCCO2)c1. The van der Waals surface area contributed by atoms with Crippen LogP contribution in [-0.2, 0) is 26.1 Å². The van der Waals surface area contributed by atoms with Crippen LogP contribution in [0.5, 0.6) is 0 Å². The van der Waals surface area contributed by atoms with Gasteiger partial charge in [0, 0.05) is 25.4 Å². The van der Waals surface area contributed by atoms with E-state index in [1.54, 1.807) is 18.2 Å². The third kappa shape index (κ3) is 6.60. The van der Waals surface area contributed by atoms with E-state index < -0.39 is 10.0 Å². The summed E-state index contributed by atoms with van der Waals surface area (Å²) in [5.41, 5.74) is 1.09. The lowest BCUT2D eigenvalue weighted by Crippen LogP contribution is -2.38. The lowest BCUT2D eigenvalue weighted by molar-refractivity contribution is -0.117. The highest BCUT2D eigenvalue weighted by Gasteiger charge is 2.21. The van der Waals surface area contributed by atoms with Crippen LogP contribution in [0.2, 0.25) is 0 Å². The van der Waals surface area contributed by atoms with E-state index in [1.165, 1.54) is 30.3 Å². The Morgan fingerprint density at radius 1 is 1.24 bits per heavy atom. The number of anilines is 1. The molecule has 7 nitrogen and oxygen atoms in total. The fourth-order valence-corrected chi connectivity index (χ4v) is 3.87. The standard InChI is InChI=1S/C20H24FN3O4S/c21-16-5-1-4-15(10-16)12-24(13-18-7-3-9-28-18)14-20(25)23-17-6-2-8-19(11-17)29(22,26)27/h1-2,4-6,8,10-11,18H,3,7,9,12-14H2,(H,23,25)(H2,22,26,27). The first-order valence-corrected chi connectivity index (χ1v) is 10.9. The molecule has 3 rings (SSSR count). The van der Waals surface area contributed by atoms with Crippen LogP contribution in [0.1, 0.15) is 18.4 Å². The number of halogens is 1. The average molecular weight is 421 g/mol. The molecule has 0 bridgehead atoms. The van der Waals surface area contributed by atoms with Crippen molar-refractivity contribution >= 4 is 21.6 Å². The monoisotopic (exact) mass is 421 g/mol. The second-order valence-corrected chi connectivity index (χ2v) is 8.62. The highest BCUT2D eigenvalue weighted by Crippen LogP contribution is 2.17. The van der Waals surface area contributed by atoms with Gasteiger partial charge in [0.05, 0.1) is 17.5 Å². The zero-order chi connectivity index (χ0) is 20.9. The van der Waals surface area contributed by atoms with Gasteiger partial charge in [-0.2, -0.15) is 0 Å². The number of rotatable bonds is 8. The molecule has 3 N–H and O–H groups in total. The third-order valence-corrected chi connectivity index (χ3v) is 5.51. The minimum atomic E-state index is -3.86. The molecule has 0 aliphatic carbocycles. The lowest BCUT2D eigenvalue weighted by Gasteiger charge is -2.25. The summed E-state index contributed by atoms with van der Waals surface area (Å²) < 4.78 is 42.2. The Labute approximate surface area is 169 Å². The number of hydrogen-bond donors (Lipinski definition) is 2. The number of carbonyl (C=O) groups excluding carboxylic acids is 1. The number of hydrogen-bond acceptors (Lipinski definition) is 5. The molecule has 1 unspecified atom stereocenters. The molecule has 1 fully saturated rings. The normalized spacial score (nSPS) is 16.9. The Bertz CT molecular complexity index is 962. The maximum atomic E-state index is 13.5. The fraction of sp³-hybridized carbons (Fsp3) is 0.350. The first-order valence-electron chi connectivity index (χ1n) is 9.31. The zero-order valence-electron chi connectivity index (χ0n) is 15.9. The predicted molar refractivity (Wildman–Crippen MR) is 107 cm³/mol. The summed E-state index contributed by atoms with van der Waals surface area (Å²) in [4.78, 5) is 14.4. The van der Waals surface area contributed by atoms with E-state index in [0.29, 0.717) is 25.4 Å². The summed E-state index contributed by atoms with van der Waals surface area (Å²) in [5, 5.41) is 7.82. The largest absolute Gasteiger partial charge is 0.377 e. The van der Waals surface area contributed by atoms with Crippen molar-refractivity contribution in [2.75, 3.05) is 25.0 Å². The topological polar surface area (TPSA) is 102 Å². The molecule has 0 spiro atoms. The van der Waals surface area contributed by atoms with Crippen LogP contribution in [0.4, 0.5) is 10.1 Å². The summed E-state index contributed by atoms with van der Waals surface area (Å²) in [6, 6.07) is 12.0. The van der Waals surface area contributed by atoms with Crippen LogP contribution in [-0.4, -0.2) is 45.0 Å². The molecule has 1 saturated heterocycles. The molecule has 29 heavy (non-hydrogen) atoms. The Morgan fingerprint density at radius 2 is 2.03 bits per heavy atom. The van der Waals surface area contributed by atoms with Crippen molar-refractivity contribution in [2.45, 2.75) is 30.4 Å². The van der Waals surface area contributed by atoms with Gasteiger partial charge in [0.2, 0.25) is 15.9 Å². The van der Waals surface area contributed by atoms with E-state index >= 15 is 0 Å². The molecule has 1 aliphatic heterocycles. The maximum Gasteiger partial charge on any atom is 0.238 e. The molecule has 2 aromatic carbocycles. The van der Waals surface area contributed by atoms with Gasteiger partial charge in [-0.15, -0.1) is 0 Å². The highest BCUT2D eigenvalue weighted by molar-refractivity contribution is 7.89. The number of amides is 1. The maximum absolute atomic E-state index is 13.5. The minimum Gasteiger partial charge on any atom is -0.377 e. The van der Waals surface area contributed by atoms with Crippen molar-refractivity contribution in [3.8, 4) is 0 Å². The predicted octanol–water partition coefficient (Wildman–Crippen LogP) is 2.09. The molecule has 1 aliphatic rings. The van der Waals surface area contributed by atoms with Gasteiger partial charge in [0.15, 0.2) is 0 Å². The van der Waals surface area contributed by atoms with Gasteiger partial charge >= 0.3 is 0 Å². The van der Waals surface area contributed by atoms with Crippen molar-refractivity contribution in [1.82, 2.24) is 4.90 Å². The van der Waals surface area contributed by atoms with E-state index in [2.05, 4.69) is 5.32 Å². The van der Waals surface area contributed by atoms with E-state index in [0.717, 1.165) is 18.4 Å². The first kappa shape index (κ1) is 21.4. The first-order chi connectivity index (χ1) is 13.8. The quantitative estimate of drug-likeness (QED) is 0.680. The van der Waals surface area contributed by atoms with Crippen LogP contribution in [0.25, 0.3) is 0 Å². The van der Waals surface area contributed by atoms with Crippen LogP contribution in [0.3, 0.4) is 0 Å². The number of nitrogens with one attached hydrogen (secondary N) is 1. The number of benzene rings is 2. The highest BCUT2D eigenvalue weighted by atomic mass is 32.2. The van der Waals surface area contributed by atoms with Gasteiger partial charge in [0.25, 0.3) is 0 Å². The molecule has 1 heterocycles. The van der Waals surface area contributed by atoms with Crippen molar-refractivity contribution in [3.63, 3.8) is 0 Å². The van der Waals surface area contributed by atoms with Gasteiger partial charge in [-0.1, -0.05) is 18.2 Å². The summed E-state index contributed by atoms with van der Waals surface area (Å²) in [6.45, 7) is 1.68. The summed E-state index contributed by atoms with van der Waals surface area (Å²) >= 11 is 0. The molecule has 1 amide bonds.